The normalized spacial score (nSPS) is 10.9. The molecule has 1 rings (SSSR count). The van der Waals surface area contributed by atoms with Gasteiger partial charge in [-0.05, 0) is 39.7 Å². The highest BCUT2D eigenvalue weighted by Crippen LogP contribution is 2.02. The second-order valence-electron chi connectivity index (χ2n) is 4.68. The first-order valence-corrected chi connectivity index (χ1v) is 6.61. The maximum Gasteiger partial charge on any atom is 0.222 e. The second kappa shape index (κ2) is 8.83. The zero-order chi connectivity index (χ0) is 13.2. The van der Waals surface area contributed by atoms with E-state index in [-0.39, 0.29) is 6.61 Å². The van der Waals surface area contributed by atoms with Crippen molar-refractivity contribution in [3.8, 4) is 0 Å². The number of anilines is 1. The van der Waals surface area contributed by atoms with Crippen molar-refractivity contribution < 1.29 is 5.11 Å². The van der Waals surface area contributed by atoms with Gasteiger partial charge in [0.1, 0.15) is 0 Å². The van der Waals surface area contributed by atoms with Crippen molar-refractivity contribution in [1.82, 2.24) is 15.3 Å². The Bertz CT molecular complexity index is 313. The molecule has 0 fully saturated rings. The van der Waals surface area contributed by atoms with Gasteiger partial charge >= 0.3 is 0 Å². The van der Waals surface area contributed by atoms with Gasteiger partial charge in [-0.15, -0.1) is 0 Å². The molecule has 1 aromatic heterocycles. The maximum atomic E-state index is 8.65. The molecule has 0 saturated carbocycles. The highest BCUT2D eigenvalue weighted by Gasteiger charge is 1.99. The monoisotopic (exact) mass is 252 g/mol. The third kappa shape index (κ3) is 6.51. The van der Waals surface area contributed by atoms with Crippen molar-refractivity contribution in [3.05, 3.63) is 18.0 Å². The van der Waals surface area contributed by atoms with Crippen LogP contribution in [0.4, 0.5) is 5.95 Å². The molecular weight excluding hydrogens is 228 g/mol. The topological polar surface area (TPSA) is 70.1 Å². The SMILES string of the molecule is CC(C)Nc1ncc(CNCCCCCO)cn1. The fourth-order valence-electron chi connectivity index (χ4n) is 1.55. The summed E-state index contributed by atoms with van der Waals surface area (Å²) in [4.78, 5) is 8.50. The number of aliphatic hydroxyl groups excluding tert-OH is 1. The van der Waals surface area contributed by atoms with Crippen LogP contribution in [0.3, 0.4) is 0 Å². The van der Waals surface area contributed by atoms with Gasteiger partial charge in [0, 0.05) is 37.2 Å². The van der Waals surface area contributed by atoms with Crippen molar-refractivity contribution in [3.63, 3.8) is 0 Å². The number of hydrogen-bond acceptors (Lipinski definition) is 5. The summed E-state index contributed by atoms with van der Waals surface area (Å²) in [6, 6.07) is 0.348. The zero-order valence-corrected chi connectivity index (χ0v) is 11.3. The van der Waals surface area contributed by atoms with E-state index in [1.165, 1.54) is 0 Å². The van der Waals surface area contributed by atoms with E-state index in [0.717, 1.165) is 37.9 Å². The van der Waals surface area contributed by atoms with Gasteiger partial charge in [0.25, 0.3) is 0 Å². The van der Waals surface area contributed by atoms with Crippen LogP contribution < -0.4 is 10.6 Å². The van der Waals surface area contributed by atoms with Crippen LogP contribution in [0.5, 0.6) is 0 Å². The van der Waals surface area contributed by atoms with Crippen LogP contribution in [0.15, 0.2) is 12.4 Å². The average molecular weight is 252 g/mol. The quantitative estimate of drug-likeness (QED) is 0.582. The van der Waals surface area contributed by atoms with Gasteiger partial charge < -0.3 is 15.7 Å². The second-order valence-corrected chi connectivity index (χ2v) is 4.68. The lowest BCUT2D eigenvalue weighted by Crippen LogP contribution is -2.16. The Morgan fingerprint density at radius 1 is 1.17 bits per heavy atom. The minimum absolute atomic E-state index is 0.290. The summed E-state index contributed by atoms with van der Waals surface area (Å²) in [5.41, 5.74) is 1.09. The lowest BCUT2D eigenvalue weighted by Gasteiger charge is -2.08. The number of nitrogens with zero attached hydrogens (tertiary/aromatic N) is 2. The fourth-order valence-corrected chi connectivity index (χ4v) is 1.55. The molecule has 0 amide bonds. The van der Waals surface area contributed by atoms with Gasteiger partial charge in [0.2, 0.25) is 5.95 Å². The van der Waals surface area contributed by atoms with Crippen LogP contribution in [-0.4, -0.2) is 34.3 Å². The van der Waals surface area contributed by atoms with Crippen LogP contribution >= 0.6 is 0 Å². The molecule has 3 N–H and O–H groups in total. The van der Waals surface area contributed by atoms with Crippen LogP contribution in [0.2, 0.25) is 0 Å². The zero-order valence-electron chi connectivity index (χ0n) is 11.3. The third-order valence-corrected chi connectivity index (χ3v) is 2.46. The predicted octanol–water partition coefficient (Wildman–Crippen LogP) is 1.55. The fraction of sp³-hybridized carbons (Fsp3) is 0.692. The Labute approximate surface area is 109 Å². The van der Waals surface area contributed by atoms with Crippen molar-refractivity contribution in [2.45, 2.75) is 45.7 Å². The molecule has 5 heteroatoms. The van der Waals surface area contributed by atoms with E-state index in [0.29, 0.717) is 12.0 Å². The minimum atomic E-state index is 0.290. The van der Waals surface area contributed by atoms with E-state index < -0.39 is 0 Å². The molecule has 0 bridgehead atoms. The van der Waals surface area contributed by atoms with Crippen LogP contribution in [0, 0.1) is 0 Å². The number of aliphatic hydroxyl groups is 1. The number of hydrogen-bond donors (Lipinski definition) is 3. The summed E-state index contributed by atoms with van der Waals surface area (Å²) in [6.45, 7) is 6.17. The highest BCUT2D eigenvalue weighted by molar-refractivity contribution is 5.25. The van der Waals surface area contributed by atoms with Crippen molar-refractivity contribution in [2.24, 2.45) is 0 Å². The summed E-state index contributed by atoms with van der Waals surface area (Å²) in [6.07, 6.45) is 6.74. The highest BCUT2D eigenvalue weighted by atomic mass is 16.2. The van der Waals surface area contributed by atoms with E-state index in [1.54, 1.807) is 0 Å². The Kier molecular flexibility index (Phi) is 7.29. The molecular formula is C13H24N4O. The van der Waals surface area contributed by atoms with E-state index in [1.807, 2.05) is 12.4 Å². The molecule has 0 spiro atoms. The Morgan fingerprint density at radius 3 is 2.50 bits per heavy atom. The van der Waals surface area contributed by atoms with Gasteiger partial charge in [-0.3, -0.25) is 0 Å². The molecule has 0 unspecified atom stereocenters. The molecule has 1 aromatic rings. The van der Waals surface area contributed by atoms with Gasteiger partial charge in [-0.2, -0.15) is 0 Å². The van der Waals surface area contributed by atoms with E-state index in [4.69, 9.17) is 5.11 Å². The molecule has 5 nitrogen and oxygen atoms in total. The van der Waals surface area contributed by atoms with Gasteiger partial charge in [-0.25, -0.2) is 9.97 Å². The van der Waals surface area contributed by atoms with Crippen LogP contribution in [0.1, 0.15) is 38.7 Å². The van der Waals surface area contributed by atoms with Gasteiger partial charge in [-0.1, -0.05) is 0 Å². The summed E-state index contributed by atoms with van der Waals surface area (Å²) in [5.74, 6) is 0.677. The van der Waals surface area contributed by atoms with Gasteiger partial charge in [0.05, 0.1) is 0 Å². The predicted molar refractivity (Wildman–Crippen MR) is 73.4 cm³/mol. The summed E-state index contributed by atoms with van der Waals surface area (Å²) < 4.78 is 0. The Balaban J connectivity index is 2.18. The number of aromatic nitrogens is 2. The maximum absolute atomic E-state index is 8.65. The van der Waals surface area contributed by atoms with E-state index in [9.17, 15) is 0 Å². The lowest BCUT2D eigenvalue weighted by atomic mass is 10.2. The molecule has 0 aliphatic rings. The number of unbranched alkanes of at least 4 members (excludes halogenated alkanes) is 2. The number of rotatable bonds is 9. The first-order valence-electron chi connectivity index (χ1n) is 6.61. The first kappa shape index (κ1) is 14.9. The van der Waals surface area contributed by atoms with E-state index >= 15 is 0 Å². The number of nitrogens with one attached hydrogen (secondary N) is 2. The molecule has 1 heterocycles. The molecule has 0 aliphatic heterocycles. The lowest BCUT2D eigenvalue weighted by molar-refractivity contribution is 0.283. The first-order chi connectivity index (χ1) is 8.72. The Hall–Kier alpha value is -1.20. The summed E-state index contributed by atoms with van der Waals surface area (Å²) in [7, 11) is 0. The van der Waals surface area contributed by atoms with Crippen molar-refractivity contribution in [1.29, 1.82) is 0 Å². The van der Waals surface area contributed by atoms with Crippen molar-refractivity contribution >= 4 is 5.95 Å². The van der Waals surface area contributed by atoms with Crippen molar-refractivity contribution in [2.75, 3.05) is 18.5 Å². The van der Waals surface area contributed by atoms with Crippen LogP contribution in [0.25, 0.3) is 0 Å². The smallest absolute Gasteiger partial charge is 0.222 e. The molecule has 0 radical (unpaired) electrons. The molecule has 0 saturated heterocycles. The largest absolute Gasteiger partial charge is 0.396 e. The average Bonchev–Trinajstić information content (AvgIpc) is 2.35. The third-order valence-electron chi connectivity index (χ3n) is 2.46. The minimum Gasteiger partial charge on any atom is -0.396 e. The summed E-state index contributed by atoms with van der Waals surface area (Å²) in [5, 5.41) is 15.1. The van der Waals surface area contributed by atoms with Crippen LogP contribution in [-0.2, 0) is 6.54 Å². The molecule has 0 aliphatic carbocycles. The molecule has 102 valence electrons. The molecule has 0 atom stereocenters. The van der Waals surface area contributed by atoms with Gasteiger partial charge in [0.15, 0.2) is 0 Å². The Morgan fingerprint density at radius 2 is 1.89 bits per heavy atom. The molecule has 0 aromatic carbocycles. The molecule has 18 heavy (non-hydrogen) atoms. The standard InChI is InChI=1S/C13H24N4O/c1-11(2)17-13-15-9-12(10-16-13)8-14-6-4-3-5-7-18/h9-11,14,18H,3-8H2,1-2H3,(H,15,16,17). The summed E-state index contributed by atoms with van der Waals surface area (Å²) >= 11 is 0. The van der Waals surface area contributed by atoms with E-state index in [2.05, 4.69) is 34.4 Å².